The van der Waals surface area contributed by atoms with Gasteiger partial charge in [-0.3, -0.25) is 9.78 Å². The van der Waals surface area contributed by atoms with E-state index in [9.17, 15) is 4.79 Å². The Bertz CT molecular complexity index is 393. The third-order valence-electron chi connectivity index (χ3n) is 3.55. The highest BCUT2D eigenvalue weighted by molar-refractivity contribution is 5.77. The Balaban J connectivity index is 2.23. The standard InChI is InChI=1S/C14H21N3O/c1-2-3-10-17-13(18)5-4-12(15)14(17)11-6-8-16-9-7-11/h6-9,12,14H,2-5,10,15H2,1H3. The maximum absolute atomic E-state index is 12.1. The van der Waals surface area contributed by atoms with Gasteiger partial charge in [0.05, 0.1) is 6.04 Å². The largest absolute Gasteiger partial charge is 0.334 e. The van der Waals surface area contributed by atoms with Crippen LogP contribution in [-0.2, 0) is 4.79 Å². The van der Waals surface area contributed by atoms with Crippen LogP contribution < -0.4 is 5.73 Å². The van der Waals surface area contributed by atoms with Crippen LogP contribution in [0.3, 0.4) is 0 Å². The fourth-order valence-electron chi connectivity index (χ4n) is 2.56. The minimum Gasteiger partial charge on any atom is -0.334 e. The monoisotopic (exact) mass is 247 g/mol. The number of amides is 1. The van der Waals surface area contributed by atoms with Gasteiger partial charge in [0.15, 0.2) is 0 Å². The van der Waals surface area contributed by atoms with Crippen LogP contribution in [0.5, 0.6) is 0 Å². The molecule has 1 aliphatic heterocycles. The molecule has 0 aliphatic carbocycles. The molecule has 18 heavy (non-hydrogen) atoms. The second-order valence-electron chi connectivity index (χ2n) is 4.87. The molecule has 2 rings (SSSR count). The highest BCUT2D eigenvalue weighted by Gasteiger charge is 2.34. The number of hydrogen-bond donors (Lipinski definition) is 1. The van der Waals surface area contributed by atoms with Crippen molar-refractivity contribution >= 4 is 5.91 Å². The molecule has 4 nitrogen and oxygen atoms in total. The van der Waals surface area contributed by atoms with Gasteiger partial charge in [0.1, 0.15) is 0 Å². The summed E-state index contributed by atoms with van der Waals surface area (Å²) in [6.07, 6.45) is 6.99. The summed E-state index contributed by atoms with van der Waals surface area (Å²) in [6, 6.07) is 3.96. The van der Waals surface area contributed by atoms with E-state index < -0.39 is 0 Å². The lowest BCUT2D eigenvalue weighted by Crippen LogP contribution is -2.49. The molecular weight excluding hydrogens is 226 g/mol. The Labute approximate surface area is 108 Å². The molecule has 4 heteroatoms. The van der Waals surface area contributed by atoms with Crippen LogP contribution in [0.1, 0.15) is 44.2 Å². The number of piperidine rings is 1. The fourth-order valence-corrected chi connectivity index (χ4v) is 2.56. The summed E-state index contributed by atoms with van der Waals surface area (Å²) in [6.45, 7) is 2.94. The van der Waals surface area contributed by atoms with Crippen LogP contribution in [0.25, 0.3) is 0 Å². The Hall–Kier alpha value is -1.42. The molecule has 1 amide bonds. The van der Waals surface area contributed by atoms with Crippen LogP contribution in [-0.4, -0.2) is 28.4 Å². The minimum atomic E-state index is 0.0146. The van der Waals surface area contributed by atoms with Gasteiger partial charge in [-0.05, 0) is 30.5 Å². The molecule has 2 N–H and O–H groups in total. The van der Waals surface area contributed by atoms with E-state index in [0.717, 1.165) is 31.4 Å². The topological polar surface area (TPSA) is 59.2 Å². The van der Waals surface area contributed by atoms with E-state index in [1.54, 1.807) is 12.4 Å². The number of unbranched alkanes of at least 4 members (excludes halogenated alkanes) is 1. The summed E-state index contributed by atoms with van der Waals surface area (Å²) in [4.78, 5) is 18.1. The SMILES string of the molecule is CCCCN1C(=O)CCC(N)C1c1ccncc1. The summed E-state index contributed by atoms with van der Waals surface area (Å²) in [5.41, 5.74) is 7.32. The van der Waals surface area contributed by atoms with Gasteiger partial charge in [-0.2, -0.15) is 0 Å². The van der Waals surface area contributed by atoms with Crippen molar-refractivity contribution in [1.82, 2.24) is 9.88 Å². The highest BCUT2D eigenvalue weighted by Crippen LogP contribution is 2.30. The van der Waals surface area contributed by atoms with Crippen LogP contribution in [0.2, 0.25) is 0 Å². The molecule has 1 aliphatic rings. The number of carbonyl (C=O) groups excluding carboxylic acids is 1. The predicted molar refractivity (Wildman–Crippen MR) is 70.8 cm³/mol. The van der Waals surface area contributed by atoms with E-state index in [1.807, 2.05) is 17.0 Å². The summed E-state index contributed by atoms with van der Waals surface area (Å²) in [7, 11) is 0. The van der Waals surface area contributed by atoms with E-state index in [-0.39, 0.29) is 18.0 Å². The van der Waals surface area contributed by atoms with Gasteiger partial charge in [0, 0.05) is 31.4 Å². The van der Waals surface area contributed by atoms with Gasteiger partial charge in [-0.25, -0.2) is 0 Å². The zero-order valence-electron chi connectivity index (χ0n) is 10.9. The van der Waals surface area contributed by atoms with E-state index >= 15 is 0 Å². The predicted octanol–water partition coefficient (Wildman–Crippen LogP) is 1.87. The van der Waals surface area contributed by atoms with Crippen molar-refractivity contribution in [3.63, 3.8) is 0 Å². The number of pyridine rings is 1. The van der Waals surface area contributed by atoms with E-state index in [0.29, 0.717) is 6.42 Å². The number of hydrogen-bond acceptors (Lipinski definition) is 3. The molecule has 0 spiro atoms. The van der Waals surface area contributed by atoms with Gasteiger partial charge in [-0.15, -0.1) is 0 Å². The number of carbonyl (C=O) groups is 1. The van der Waals surface area contributed by atoms with Crippen LogP contribution in [0.4, 0.5) is 0 Å². The van der Waals surface area contributed by atoms with Crippen molar-refractivity contribution in [2.24, 2.45) is 5.73 Å². The average molecular weight is 247 g/mol. The van der Waals surface area contributed by atoms with Crippen molar-refractivity contribution in [1.29, 1.82) is 0 Å². The summed E-state index contributed by atoms with van der Waals surface area (Å²) in [5, 5.41) is 0. The zero-order valence-corrected chi connectivity index (χ0v) is 10.9. The molecule has 1 aromatic rings. The van der Waals surface area contributed by atoms with Crippen LogP contribution in [0, 0.1) is 0 Å². The first kappa shape index (κ1) is 13.0. The Morgan fingerprint density at radius 2 is 2.17 bits per heavy atom. The molecule has 1 fully saturated rings. The molecule has 2 unspecified atom stereocenters. The molecule has 0 saturated carbocycles. The quantitative estimate of drug-likeness (QED) is 0.883. The number of aromatic nitrogens is 1. The van der Waals surface area contributed by atoms with Crippen molar-refractivity contribution in [3.8, 4) is 0 Å². The normalized spacial score (nSPS) is 24.3. The smallest absolute Gasteiger partial charge is 0.223 e. The van der Waals surface area contributed by atoms with Gasteiger partial charge in [-0.1, -0.05) is 13.3 Å². The molecule has 0 aromatic carbocycles. The molecule has 1 saturated heterocycles. The lowest BCUT2D eigenvalue weighted by atomic mass is 9.91. The minimum absolute atomic E-state index is 0.0146. The second kappa shape index (κ2) is 5.96. The Morgan fingerprint density at radius 3 is 2.83 bits per heavy atom. The summed E-state index contributed by atoms with van der Waals surface area (Å²) >= 11 is 0. The lowest BCUT2D eigenvalue weighted by Gasteiger charge is -2.40. The number of likely N-dealkylation sites (tertiary alicyclic amines) is 1. The second-order valence-corrected chi connectivity index (χ2v) is 4.87. The fraction of sp³-hybridized carbons (Fsp3) is 0.571. The van der Waals surface area contributed by atoms with E-state index in [4.69, 9.17) is 5.73 Å². The Morgan fingerprint density at radius 1 is 1.44 bits per heavy atom. The van der Waals surface area contributed by atoms with Gasteiger partial charge >= 0.3 is 0 Å². The molecule has 2 heterocycles. The number of rotatable bonds is 4. The van der Waals surface area contributed by atoms with Gasteiger partial charge in [0.2, 0.25) is 5.91 Å². The molecule has 2 atom stereocenters. The van der Waals surface area contributed by atoms with Crippen LogP contribution in [0.15, 0.2) is 24.5 Å². The summed E-state index contributed by atoms with van der Waals surface area (Å²) < 4.78 is 0. The lowest BCUT2D eigenvalue weighted by molar-refractivity contribution is -0.137. The van der Waals surface area contributed by atoms with Gasteiger partial charge < -0.3 is 10.6 Å². The molecule has 0 radical (unpaired) electrons. The van der Waals surface area contributed by atoms with Crippen molar-refractivity contribution in [2.45, 2.75) is 44.7 Å². The van der Waals surface area contributed by atoms with Crippen molar-refractivity contribution in [3.05, 3.63) is 30.1 Å². The maximum atomic E-state index is 12.1. The van der Waals surface area contributed by atoms with E-state index in [1.165, 1.54) is 0 Å². The first-order valence-corrected chi connectivity index (χ1v) is 6.69. The molecular formula is C14H21N3O. The first-order chi connectivity index (χ1) is 8.74. The maximum Gasteiger partial charge on any atom is 0.223 e. The number of nitrogens with zero attached hydrogens (tertiary/aromatic N) is 2. The Kier molecular flexibility index (Phi) is 4.31. The zero-order chi connectivity index (χ0) is 13.0. The highest BCUT2D eigenvalue weighted by atomic mass is 16.2. The third kappa shape index (κ3) is 2.70. The molecule has 0 bridgehead atoms. The van der Waals surface area contributed by atoms with Crippen LogP contribution >= 0.6 is 0 Å². The average Bonchev–Trinajstić information content (AvgIpc) is 2.40. The van der Waals surface area contributed by atoms with Crippen molar-refractivity contribution < 1.29 is 4.79 Å². The van der Waals surface area contributed by atoms with Crippen molar-refractivity contribution in [2.75, 3.05) is 6.54 Å². The molecule has 98 valence electrons. The number of nitrogens with two attached hydrogens (primary N) is 1. The summed E-state index contributed by atoms with van der Waals surface area (Å²) in [5.74, 6) is 0.229. The third-order valence-corrected chi connectivity index (χ3v) is 3.55. The van der Waals surface area contributed by atoms with E-state index in [2.05, 4.69) is 11.9 Å². The molecule has 1 aromatic heterocycles. The first-order valence-electron chi connectivity index (χ1n) is 6.69. The van der Waals surface area contributed by atoms with Gasteiger partial charge in [0.25, 0.3) is 0 Å².